The van der Waals surface area contributed by atoms with E-state index in [2.05, 4.69) is 9.97 Å². The number of benzene rings is 1. The van der Waals surface area contributed by atoms with Crippen LogP contribution in [0.5, 0.6) is 5.75 Å². The standard InChI is InChI=1S/C15H16N2O3/c1-9-12(8-15(19)20)10(2)17-14(16-9)7-11-5-3-4-6-13(11)18/h3-6,18H,7-8H2,1-2H3,(H,19,20). The molecule has 0 amide bonds. The lowest BCUT2D eigenvalue weighted by Crippen LogP contribution is -2.10. The first-order valence-corrected chi connectivity index (χ1v) is 6.29. The number of phenolic OH excluding ortho intramolecular Hbond substituents is 1. The van der Waals surface area contributed by atoms with Crippen LogP contribution in [0, 0.1) is 13.8 Å². The normalized spacial score (nSPS) is 10.5. The lowest BCUT2D eigenvalue weighted by molar-refractivity contribution is -0.136. The number of aryl methyl sites for hydroxylation is 2. The highest BCUT2D eigenvalue weighted by Crippen LogP contribution is 2.19. The van der Waals surface area contributed by atoms with E-state index in [9.17, 15) is 9.90 Å². The second-order valence-electron chi connectivity index (χ2n) is 4.67. The summed E-state index contributed by atoms with van der Waals surface area (Å²) >= 11 is 0. The Balaban J connectivity index is 2.31. The molecule has 0 unspecified atom stereocenters. The van der Waals surface area contributed by atoms with Crippen molar-refractivity contribution in [2.45, 2.75) is 26.7 Å². The number of carbonyl (C=O) groups is 1. The van der Waals surface area contributed by atoms with Crippen LogP contribution in [0.3, 0.4) is 0 Å². The molecular weight excluding hydrogens is 256 g/mol. The van der Waals surface area contributed by atoms with Crippen LogP contribution in [0.15, 0.2) is 24.3 Å². The average Bonchev–Trinajstić information content (AvgIpc) is 2.36. The molecule has 2 rings (SSSR count). The fourth-order valence-corrected chi connectivity index (χ4v) is 2.13. The van der Waals surface area contributed by atoms with Gasteiger partial charge in [0, 0.05) is 28.9 Å². The predicted octanol–water partition coefficient (Wildman–Crippen LogP) is 2.02. The summed E-state index contributed by atoms with van der Waals surface area (Å²) in [6.45, 7) is 3.56. The first-order chi connectivity index (χ1) is 9.47. The molecule has 2 N–H and O–H groups in total. The van der Waals surface area contributed by atoms with E-state index in [1.807, 2.05) is 12.1 Å². The number of phenols is 1. The Morgan fingerprint density at radius 1 is 1.15 bits per heavy atom. The maximum atomic E-state index is 10.8. The van der Waals surface area contributed by atoms with Crippen molar-refractivity contribution in [3.8, 4) is 5.75 Å². The van der Waals surface area contributed by atoms with Gasteiger partial charge in [-0.1, -0.05) is 18.2 Å². The molecule has 2 aromatic rings. The molecule has 0 spiro atoms. The van der Waals surface area contributed by atoms with Crippen LogP contribution in [0.25, 0.3) is 0 Å². The minimum absolute atomic E-state index is 0.0749. The number of nitrogens with zero attached hydrogens (tertiary/aromatic N) is 2. The van der Waals surface area contributed by atoms with Gasteiger partial charge in [0.25, 0.3) is 0 Å². The summed E-state index contributed by atoms with van der Waals surface area (Å²) in [6.07, 6.45) is 0.343. The summed E-state index contributed by atoms with van der Waals surface area (Å²) in [5, 5.41) is 18.6. The molecule has 0 atom stereocenters. The maximum absolute atomic E-state index is 10.8. The number of rotatable bonds is 4. The van der Waals surface area contributed by atoms with Gasteiger partial charge in [-0.25, -0.2) is 9.97 Å². The molecule has 1 aromatic carbocycles. The minimum Gasteiger partial charge on any atom is -0.508 e. The molecule has 0 aliphatic heterocycles. The molecule has 5 heteroatoms. The largest absolute Gasteiger partial charge is 0.508 e. The number of aliphatic carboxylic acids is 1. The molecule has 0 aliphatic carbocycles. The van der Waals surface area contributed by atoms with Crippen molar-refractivity contribution in [3.05, 3.63) is 52.6 Å². The van der Waals surface area contributed by atoms with E-state index in [0.29, 0.717) is 29.2 Å². The Kier molecular flexibility index (Phi) is 3.98. The summed E-state index contributed by atoms with van der Waals surface area (Å²) in [4.78, 5) is 19.5. The zero-order valence-electron chi connectivity index (χ0n) is 11.4. The molecule has 1 aromatic heterocycles. The second kappa shape index (κ2) is 5.69. The molecule has 0 fully saturated rings. The number of para-hydroxylation sites is 1. The van der Waals surface area contributed by atoms with E-state index in [-0.39, 0.29) is 12.2 Å². The molecule has 104 valence electrons. The van der Waals surface area contributed by atoms with Gasteiger partial charge >= 0.3 is 5.97 Å². The summed E-state index contributed by atoms with van der Waals surface area (Å²) in [5.74, 6) is -0.107. The Hall–Kier alpha value is -2.43. The molecule has 5 nitrogen and oxygen atoms in total. The summed E-state index contributed by atoms with van der Waals surface area (Å²) < 4.78 is 0. The Morgan fingerprint density at radius 2 is 1.75 bits per heavy atom. The summed E-state index contributed by atoms with van der Waals surface area (Å²) in [6, 6.07) is 7.03. The zero-order chi connectivity index (χ0) is 14.7. The third-order valence-corrected chi connectivity index (χ3v) is 3.14. The SMILES string of the molecule is Cc1nc(Cc2ccccc2O)nc(C)c1CC(=O)O. The van der Waals surface area contributed by atoms with Crippen molar-refractivity contribution in [3.63, 3.8) is 0 Å². The van der Waals surface area contributed by atoms with Crippen molar-refractivity contribution >= 4 is 5.97 Å². The quantitative estimate of drug-likeness (QED) is 0.889. The van der Waals surface area contributed by atoms with Gasteiger partial charge in [-0.3, -0.25) is 4.79 Å². The molecule has 0 bridgehead atoms. The predicted molar refractivity (Wildman–Crippen MR) is 73.8 cm³/mol. The molecule has 0 saturated heterocycles. The molecule has 0 saturated carbocycles. The van der Waals surface area contributed by atoms with Crippen molar-refractivity contribution in [2.24, 2.45) is 0 Å². The van der Waals surface area contributed by atoms with E-state index < -0.39 is 5.97 Å². The molecule has 0 radical (unpaired) electrons. The minimum atomic E-state index is -0.895. The number of carboxylic acids is 1. The maximum Gasteiger partial charge on any atom is 0.307 e. The molecule has 1 heterocycles. The Labute approximate surface area is 117 Å². The van der Waals surface area contributed by atoms with Gasteiger partial charge in [-0.05, 0) is 19.9 Å². The van der Waals surface area contributed by atoms with E-state index in [0.717, 1.165) is 5.56 Å². The van der Waals surface area contributed by atoms with Crippen LogP contribution < -0.4 is 0 Å². The van der Waals surface area contributed by atoms with Crippen molar-refractivity contribution in [1.29, 1.82) is 0 Å². The van der Waals surface area contributed by atoms with Crippen molar-refractivity contribution in [2.75, 3.05) is 0 Å². The second-order valence-corrected chi connectivity index (χ2v) is 4.67. The first-order valence-electron chi connectivity index (χ1n) is 6.29. The van der Waals surface area contributed by atoms with Gasteiger partial charge < -0.3 is 10.2 Å². The number of hydrogen-bond acceptors (Lipinski definition) is 4. The fraction of sp³-hybridized carbons (Fsp3) is 0.267. The monoisotopic (exact) mass is 272 g/mol. The van der Waals surface area contributed by atoms with Crippen LogP contribution in [0.4, 0.5) is 0 Å². The lowest BCUT2D eigenvalue weighted by Gasteiger charge is -2.10. The number of aromatic nitrogens is 2. The van der Waals surface area contributed by atoms with Gasteiger partial charge in [0.2, 0.25) is 0 Å². The molecule has 20 heavy (non-hydrogen) atoms. The van der Waals surface area contributed by atoms with E-state index in [4.69, 9.17) is 5.11 Å². The van der Waals surface area contributed by atoms with E-state index in [1.54, 1.807) is 26.0 Å². The van der Waals surface area contributed by atoms with Gasteiger partial charge in [-0.2, -0.15) is 0 Å². The fourth-order valence-electron chi connectivity index (χ4n) is 2.13. The third-order valence-electron chi connectivity index (χ3n) is 3.14. The van der Waals surface area contributed by atoms with Crippen LogP contribution in [-0.2, 0) is 17.6 Å². The number of carboxylic acid groups (broad SMARTS) is 1. The Bertz CT molecular complexity index is 630. The van der Waals surface area contributed by atoms with Gasteiger partial charge in [-0.15, -0.1) is 0 Å². The number of hydrogen-bond donors (Lipinski definition) is 2. The topological polar surface area (TPSA) is 83.3 Å². The Morgan fingerprint density at radius 3 is 2.30 bits per heavy atom. The van der Waals surface area contributed by atoms with E-state index in [1.165, 1.54) is 0 Å². The first kappa shape index (κ1) is 14.0. The zero-order valence-corrected chi connectivity index (χ0v) is 11.4. The summed E-state index contributed by atoms with van der Waals surface area (Å²) in [5.41, 5.74) is 2.74. The summed E-state index contributed by atoms with van der Waals surface area (Å²) in [7, 11) is 0. The highest BCUT2D eigenvalue weighted by atomic mass is 16.4. The van der Waals surface area contributed by atoms with Gasteiger partial charge in [0.15, 0.2) is 0 Å². The lowest BCUT2D eigenvalue weighted by atomic mass is 10.1. The third kappa shape index (κ3) is 3.12. The van der Waals surface area contributed by atoms with Crippen LogP contribution in [-0.4, -0.2) is 26.2 Å². The van der Waals surface area contributed by atoms with Gasteiger partial charge in [0.1, 0.15) is 11.6 Å². The van der Waals surface area contributed by atoms with E-state index >= 15 is 0 Å². The highest BCUT2D eigenvalue weighted by Gasteiger charge is 2.12. The van der Waals surface area contributed by atoms with Gasteiger partial charge in [0.05, 0.1) is 6.42 Å². The van der Waals surface area contributed by atoms with Crippen molar-refractivity contribution in [1.82, 2.24) is 9.97 Å². The molecule has 0 aliphatic rings. The smallest absolute Gasteiger partial charge is 0.307 e. The van der Waals surface area contributed by atoms with Crippen LogP contribution in [0.2, 0.25) is 0 Å². The molecular formula is C15H16N2O3. The number of aromatic hydroxyl groups is 1. The van der Waals surface area contributed by atoms with Crippen molar-refractivity contribution < 1.29 is 15.0 Å². The highest BCUT2D eigenvalue weighted by molar-refractivity contribution is 5.70. The average molecular weight is 272 g/mol. The van der Waals surface area contributed by atoms with Crippen LogP contribution in [0.1, 0.15) is 28.3 Å². The van der Waals surface area contributed by atoms with Crippen LogP contribution >= 0.6 is 0 Å².